The van der Waals surface area contributed by atoms with Gasteiger partial charge in [-0.15, -0.1) is 0 Å². The van der Waals surface area contributed by atoms with Crippen molar-refractivity contribution < 1.29 is 0 Å². The van der Waals surface area contributed by atoms with Crippen molar-refractivity contribution in [2.45, 2.75) is 46.6 Å². The average molecular weight is 241 g/mol. The van der Waals surface area contributed by atoms with Gasteiger partial charge in [-0.25, -0.2) is 4.98 Å². The molecule has 0 aliphatic heterocycles. The van der Waals surface area contributed by atoms with Crippen LogP contribution in [0.1, 0.15) is 41.0 Å². The number of rotatable bonds is 3. The van der Waals surface area contributed by atoms with E-state index >= 15 is 0 Å². The maximum atomic E-state index is 5.80. The number of hydrogen-bond acceptors (Lipinski definition) is 2. The Balaban J connectivity index is 2.69. The minimum absolute atomic E-state index is 0.0269. The van der Waals surface area contributed by atoms with Crippen molar-refractivity contribution in [2.75, 3.05) is 5.32 Å². The normalized spacial score (nSPS) is 12.6. The van der Waals surface area contributed by atoms with E-state index in [1.165, 1.54) is 0 Å². The third kappa shape index (κ3) is 4.84. The van der Waals surface area contributed by atoms with Gasteiger partial charge in [-0.05, 0) is 37.8 Å². The van der Waals surface area contributed by atoms with Crippen LogP contribution in [0.25, 0.3) is 0 Å². The molecular formula is C13H21ClN2. The maximum Gasteiger partial charge on any atom is 0.126 e. The highest BCUT2D eigenvalue weighted by atomic mass is 35.5. The van der Waals surface area contributed by atoms with Gasteiger partial charge in [0, 0.05) is 11.7 Å². The fraction of sp³-hybridized carbons (Fsp3) is 0.615. The number of halogens is 1. The van der Waals surface area contributed by atoms with Crippen molar-refractivity contribution >= 4 is 17.4 Å². The highest BCUT2D eigenvalue weighted by Gasteiger charge is 2.25. The summed E-state index contributed by atoms with van der Waals surface area (Å²) in [7, 11) is 0. The highest BCUT2D eigenvalue weighted by Crippen LogP contribution is 2.29. The van der Waals surface area contributed by atoms with Crippen LogP contribution in [0.4, 0.5) is 5.82 Å². The van der Waals surface area contributed by atoms with Crippen molar-refractivity contribution in [2.24, 2.45) is 5.41 Å². The first kappa shape index (κ1) is 13.3. The molecule has 0 saturated heterocycles. The molecule has 2 nitrogen and oxygen atoms in total. The van der Waals surface area contributed by atoms with Gasteiger partial charge in [0.05, 0.1) is 5.02 Å². The Morgan fingerprint density at radius 3 is 2.25 bits per heavy atom. The Bertz CT molecular complexity index is 336. The van der Waals surface area contributed by atoms with E-state index < -0.39 is 0 Å². The Morgan fingerprint density at radius 2 is 1.81 bits per heavy atom. The number of hydrogen-bond donors (Lipinski definition) is 1. The highest BCUT2D eigenvalue weighted by molar-refractivity contribution is 6.30. The minimum Gasteiger partial charge on any atom is -0.365 e. The zero-order valence-corrected chi connectivity index (χ0v) is 11.5. The van der Waals surface area contributed by atoms with Crippen LogP contribution in [0.5, 0.6) is 0 Å². The van der Waals surface area contributed by atoms with Gasteiger partial charge in [-0.2, -0.15) is 0 Å². The van der Waals surface area contributed by atoms with Crippen LogP contribution in [0.2, 0.25) is 5.02 Å². The summed E-state index contributed by atoms with van der Waals surface area (Å²) in [5, 5.41) is 4.10. The molecule has 0 amide bonds. The number of nitrogens with zero attached hydrogens (tertiary/aromatic N) is 1. The molecule has 0 saturated carbocycles. The summed E-state index contributed by atoms with van der Waals surface area (Å²) >= 11 is 5.80. The van der Waals surface area contributed by atoms with Crippen molar-refractivity contribution in [3.05, 3.63) is 23.4 Å². The summed E-state index contributed by atoms with van der Waals surface area (Å²) in [4.78, 5) is 4.25. The van der Waals surface area contributed by atoms with E-state index in [4.69, 9.17) is 11.6 Å². The van der Waals surface area contributed by atoms with Gasteiger partial charge in [0.1, 0.15) is 5.82 Å². The molecule has 0 unspecified atom stereocenters. The van der Waals surface area contributed by atoms with Gasteiger partial charge in [0.25, 0.3) is 0 Å². The first-order chi connectivity index (χ1) is 7.18. The van der Waals surface area contributed by atoms with Crippen LogP contribution in [0.15, 0.2) is 18.3 Å². The van der Waals surface area contributed by atoms with E-state index in [-0.39, 0.29) is 5.54 Å². The lowest BCUT2D eigenvalue weighted by molar-refractivity contribution is 0.302. The molecule has 3 heteroatoms. The molecule has 1 heterocycles. The van der Waals surface area contributed by atoms with Crippen LogP contribution < -0.4 is 5.32 Å². The van der Waals surface area contributed by atoms with Crippen molar-refractivity contribution in [3.63, 3.8) is 0 Å². The topological polar surface area (TPSA) is 24.9 Å². The molecule has 0 spiro atoms. The van der Waals surface area contributed by atoms with Gasteiger partial charge in [0.2, 0.25) is 0 Å². The van der Waals surface area contributed by atoms with Crippen LogP contribution in [-0.4, -0.2) is 10.5 Å². The Hall–Kier alpha value is -0.760. The van der Waals surface area contributed by atoms with E-state index in [9.17, 15) is 0 Å². The molecule has 1 aromatic heterocycles. The van der Waals surface area contributed by atoms with Crippen LogP contribution in [0.3, 0.4) is 0 Å². The van der Waals surface area contributed by atoms with Crippen LogP contribution in [-0.2, 0) is 0 Å². The zero-order chi connectivity index (χ0) is 12.4. The lowest BCUT2D eigenvalue weighted by Gasteiger charge is -2.33. The molecule has 1 rings (SSSR count). The molecule has 1 aromatic rings. The first-order valence-electron chi connectivity index (χ1n) is 5.58. The molecule has 0 aliphatic carbocycles. The quantitative estimate of drug-likeness (QED) is 0.849. The molecule has 0 fully saturated rings. The number of nitrogens with one attached hydrogen (secondary N) is 1. The molecule has 0 atom stereocenters. The molecule has 90 valence electrons. The smallest absolute Gasteiger partial charge is 0.126 e. The van der Waals surface area contributed by atoms with Crippen LogP contribution in [0, 0.1) is 5.41 Å². The predicted octanol–water partition coefficient (Wildman–Crippen LogP) is 4.36. The summed E-state index contributed by atoms with van der Waals surface area (Å²) < 4.78 is 0. The second kappa shape index (κ2) is 4.62. The maximum absolute atomic E-state index is 5.80. The summed E-state index contributed by atoms with van der Waals surface area (Å²) in [6.45, 7) is 11.1. The van der Waals surface area contributed by atoms with Crippen molar-refractivity contribution in [3.8, 4) is 0 Å². The van der Waals surface area contributed by atoms with Crippen molar-refractivity contribution in [1.29, 1.82) is 0 Å². The van der Waals surface area contributed by atoms with Gasteiger partial charge in [-0.1, -0.05) is 32.4 Å². The second-order valence-electron chi connectivity index (χ2n) is 6.11. The molecule has 16 heavy (non-hydrogen) atoms. The molecule has 1 N–H and O–H groups in total. The fourth-order valence-electron chi connectivity index (χ4n) is 2.17. The SMILES string of the molecule is CC(C)(C)CC(C)(C)Nc1ccc(Cl)cn1. The molecule has 0 bridgehead atoms. The summed E-state index contributed by atoms with van der Waals surface area (Å²) in [5.74, 6) is 0.874. The lowest BCUT2D eigenvalue weighted by Crippen LogP contribution is -2.35. The Labute approximate surface area is 103 Å². The third-order valence-corrected chi connectivity index (χ3v) is 2.39. The van der Waals surface area contributed by atoms with E-state index in [1.807, 2.05) is 12.1 Å². The minimum atomic E-state index is 0.0269. The Kier molecular flexibility index (Phi) is 3.84. The molecular weight excluding hydrogens is 220 g/mol. The largest absolute Gasteiger partial charge is 0.365 e. The van der Waals surface area contributed by atoms with E-state index in [0.29, 0.717) is 10.4 Å². The molecule has 0 aliphatic rings. The van der Waals surface area contributed by atoms with E-state index in [0.717, 1.165) is 12.2 Å². The van der Waals surface area contributed by atoms with E-state index in [1.54, 1.807) is 6.20 Å². The summed E-state index contributed by atoms with van der Waals surface area (Å²) in [6, 6.07) is 3.76. The van der Waals surface area contributed by atoms with Crippen LogP contribution >= 0.6 is 11.6 Å². The molecule has 0 aromatic carbocycles. The zero-order valence-electron chi connectivity index (χ0n) is 10.8. The molecule has 0 radical (unpaired) electrons. The Morgan fingerprint density at radius 1 is 1.19 bits per heavy atom. The number of pyridine rings is 1. The second-order valence-corrected chi connectivity index (χ2v) is 6.54. The third-order valence-electron chi connectivity index (χ3n) is 2.17. The number of aromatic nitrogens is 1. The van der Waals surface area contributed by atoms with Crippen molar-refractivity contribution in [1.82, 2.24) is 4.98 Å². The summed E-state index contributed by atoms with van der Waals surface area (Å²) in [6.07, 6.45) is 2.74. The summed E-state index contributed by atoms with van der Waals surface area (Å²) in [5.41, 5.74) is 0.321. The lowest BCUT2D eigenvalue weighted by atomic mass is 9.82. The van der Waals surface area contributed by atoms with Gasteiger partial charge < -0.3 is 5.32 Å². The number of anilines is 1. The predicted molar refractivity (Wildman–Crippen MR) is 71.0 cm³/mol. The standard InChI is InChI=1S/C13H21ClN2/c1-12(2,3)9-13(4,5)16-11-7-6-10(14)8-15-11/h6-8H,9H2,1-5H3,(H,15,16). The first-order valence-corrected chi connectivity index (χ1v) is 5.96. The monoisotopic (exact) mass is 240 g/mol. The van der Waals surface area contributed by atoms with Gasteiger partial charge >= 0.3 is 0 Å². The van der Waals surface area contributed by atoms with E-state index in [2.05, 4.69) is 44.9 Å². The fourth-order valence-corrected chi connectivity index (χ4v) is 2.28. The van der Waals surface area contributed by atoms with Gasteiger partial charge in [-0.3, -0.25) is 0 Å². The van der Waals surface area contributed by atoms with Gasteiger partial charge in [0.15, 0.2) is 0 Å². The average Bonchev–Trinajstić information content (AvgIpc) is 2.04.